The molecule has 0 spiro atoms. The Bertz CT molecular complexity index is 781. The molecule has 0 aliphatic carbocycles. The molecule has 0 unspecified atom stereocenters. The van der Waals surface area contributed by atoms with Crippen LogP contribution in [0, 0.1) is 5.92 Å². The second kappa shape index (κ2) is 9.15. The predicted octanol–water partition coefficient (Wildman–Crippen LogP) is 2.44. The van der Waals surface area contributed by atoms with Crippen LogP contribution in [0.5, 0.6) is 0 Å². The summed E-state index contributed by atoms with van der Waals surface area (Å²) in [4.78, 5) is 14.8. The van der Waals surface area contributed by atoms with E-state index < -0.39 is 24.3 Å². The molecule has 1 saturated heterocycles. The standard InChI is InChI=1S/C23H28N2O3/c1-3-10-18-15-24-19(21(18)26)23(28)25(2)20(16-11-6-4-7-12-16)22(27)17-13-8-5-9-14-17/h3-9,11-14,18-22,24,26-27H,1,10,15H2,2H3/t18-,19-,20+,21+,22+/m0/s1. The molecule has 1 amide bonds. The fraction of sp³-hybridized carbons (Fsp3) is 0.348. The van der Waals surface area contributed by atoms with Crippen molar-refractivity contribution in [2.24, 2.45) is 5.92 Å². The molecule has 0 radical (unpaired) electrons. The molecule has 0 aromatic heterocycles. The van der Waals surface area contributed by atoms with Gasteiger partial charge in [0.25, 0.3) is 0 Å². The highest BCUT2D eigenvalue weighted by molar-refractivity contribution is 5.83. The minimum Gasteiger partial charge on any atom is -0.391 e. The number of nitrogens with zero attached hydrogens (tertiary/aromatic N) is 1. The number of rotatable bonds is 7. The summed E-state index contributed by atoms with van der Waals surface area (Å²) >= 11 is 0. The minimum atomic E-state index is -0.889. The molecule has 1 heterocycles. The lowest BCUT2D eigenvalue weighted by Crippen LogP contribution is -2.49. The average molecular weight is 380 g/mol. The first-order valence-corrected chi connectivity index (χ1v) is 9.61. The Labute approximate surface area is 166 Å². The first kappa shape index (κ1) is 20.3. The molecule has 5 nitrogen and oxygen atoms in total. The molecule has 3 N–H and O–H groups in total. The number of carbonyl (C=O) groups is 1. The molecule has 1 aliphatic rings. The summed E-state index contributed by atoms with van der Waals surface area (Å²) in [5.41, 5.74) is 1.57. The van der Waals surface area contributed by atoms with Crippen LogP contribution in [0.3, 0.4) is 0 Å². The number of carbonyl (C=O) groups excluding carboxylic acids is 1. The van der Waals surface area contributed by atoms with E-state index in [2.05, 4.69) is 11.9 Å². The summed E-state index contributed by atoms with van der Waals surface area (Å²) in [6.07, 6.45) is 0.743. The lowest BCUT2D eigenvalue weighted by molar-refractivity contribution is -0.139. The number of aliphatic hydroxyl groups excluding tert-OH is 2. The van der Waals surface area contributed by atoms with Crippen molar-refractivity contribution in [3.8, 4) is 0 Å². The predicted molar refractivity (Wildman–Crippen MR) is 109 cm³/mol. The SMILES string of the molecule is C=CC[C@H]1CN[C@H](C(=O)N(C)[C@H](c2ccccc2)[C@H](O)c2ccccc2)[C@@H]1O. The molecule has 5 atom stereocenters. The summed E-state index contributed by atoms with van der Waals surface area (Å²) in [6, 6.07) is 17.5. The van der Waals surface area contributed by atoms with Crippen LogP contribution < -0.4 is 5.32 Å². The number of aliphatic hydroxyl groups is 2. The molecule has 3 rings (SSSR count). The van der Waals surface area contributed by atoms with Crippen LogP contribution in [0.1, 0.15) is 29.7 Å². The van der Waals surface area contributed by atoms with Gasteiger partial charge >= 0.3 is 0 Å². The van der Waals surface area contributed by atoms with Crippen LogP contribution >= 0.6 is 0 Å². The largest absolute Gasteiger partial charge is 0.391 e. The van der Waals surface area contributed by atoms with Crippen molar-refractivity contribution in [2.45, 2.75) is 30.7 Å². The molecule has 1 fully saturated rings. The fourth-order valence-electron chi connectivity index (χ4n) is 3.92. The average Bonchev–Trinajstić information content (AvgIpc) is 3.09. The number of amides is 1. The molecule has 5 heteroatoms. The summed E-state index contributed by atoms with van der Waals surface area (Å²) in [5.74, 6) is -0.267. The van der Waals surface area contributed by atoms with E-state index in [1.54, 1.807) is 18.0 Å². The number of likely N-dealkylation sites (N-methyl/N-ethyl adjacent to an activating group) is 1. The third kappa shape index (κ3) is 4.17. The maximum atomic E-state index is 13.2. The van der Waals surface area contributed by atoms with E-state index in [9.17, 15) is 15.0 Å². The van der Waals surface area contributed by atoms with Crippen molar-refractivity contribution in [1.29, 1.82) is 0 Å². The van der Waals surface area contributed by atoms with Crippen molar-refractivity contribution < 1.29 is 15.0 Å². The van der Waals surface area contributed by atoms with E-state index in [0.29, 0.717) is 13.0 Å². The Hall–Kier alpha value is -2.47. The fourth-order valence-corrected chi connectivity index (χ4v) is 3.92. The van der Waals surface area contributed by atoms with E-state index in [-0.39, 0.29) is 11.8 Å². The van der Waals surface area contributed by atoms with Crippen LogP contribution in [0.25, 0.3) is 0 Å². The first-order valence-electron chi connectivity index (χ1n) is 9.61. The molecule has 2 aromatic carbocycles. The number of hydrogen-bond acceptors (Lipinski definition) is 4. The molecule has 2 aromatic rings. The topological polar surface area (TPSA) is 72.8 Å². The van der Waals surface area contributed by atoms with Gasteiger partial charge < -0.3 is 20.4 Å². The summed E-state index contributed by atoms with van der Waals surface area (Å²) in [7, 11) is 1.68. The van der Waals surface area contributed by atoms with Gasteiger partial charge in [-0.25, -0.2) is 0 Å². The monoisotopic (exact) mass is 380 g/mol. The lowest BCUT2D eigenvalue weighted by Gasteiger charge is -2.35. The van der Waals surface area contributed by atoms with E-state index in [4.69, 9.17) is 0 Å². The normalized spacial score (nSPS) is 23.8. The smallest absolute Gasteiger partial charge is 0.242 e. The van der Waals surface area contributed by atoms with Crippen LogP contribution in [0.15, 0.2) is 73.3 Å². The number of allylic oxidation sites excluding steroid dienone is 1. The van der Waals surface area contributed by atoms with Crippen molar-refractivity contribution in [3.63, 3.8) is 0 Å². The zero-order valence-corrected chi connectivity index (χ0v) is 16.1. The van der Waals surface area contributed by atoms with Gasteiger partial charge in [-0.15, -0.1) is 6.58 Å². The van der Waals surface area contributed by atoms with Crippen LogP contribution in [-0.4, -0.2) is 46.8 Å². The Morgan fingerprint density at radius 1 is 1.18 bits per heavy atom. The third-order valence-corrected chi connectivity index (χ3v) is 5.51. The molecule has 0 bridgehead atoms. The van der Waals surface area contributed by atoms with Gasteiger partial charge in [-0.3, -0.25) is 4.79 Å². The zero-order chi connectivity index (χ0) is 20.1. The van der Waals surface area contributed by atoms with E-state index in [1.807, 2.05) is 60.7 Å². The maximum absolute atomic E-state index is 13.2. The van der Waals surface area contributed by atoms with Crippen LogP contribution in [0.4, 0.5) is 0 Å². The molecule has 0 saturated carbocycles. The second-order valence-corrected chi connectivity index (χ2v) is 7.32. The maximum Gasteiger partial charge on any atom is 0.242 e. The Balaban J connectivity index is 1.88. The highest BCUT2D eigenvalue weighted by Crippen LogP contribution is 2.34. The number of benzene rings is 2. The van der Waals surface area contributed by atoms with E-state index in [1.165, 1.54) is 0 Å². The van der Waals surface area contributed by atoms with Gasteiger partial charge in [-0.1, -0.05) is 66.7 Å². The first-order chi connectivity index (χ1) is 13.5. The quantitative estimate of drug-likeness (QED) is 0.645. The molecular weight excluding hydrogens is 352 g/mol. The molecular formula is C23H28N2O3. The zero-order valence-electron chi connectivity index (χ0n) is 16.1. The Morgan fingerprint density at radius 2 is 1.75 bits per heavy atom. The van der Waals surface area contributed by atoms with Gasteiger partial charge in [0, 0.05) is 19.5 Å². The second-order valence-electron chi connectivity index (χ2n) is 7.32. The summed E-state index contributed by atoms with van der Waals surface area (Å²) < 4.78 is 0. The van der Waals surface area contributed by atoms with Gasteiger partial charge in [0.1, 0.15) is 12.1 Å². The van der Waals surface area contributed by atoms with Gasteiger partial charge in [0.05, 0.1) is 12.1 Å². The summed E-state index contributed by atoms with van der Waals surface area (Å²) in [6.45, 7) is 4.29. The number of nitrogens with one attached hydrogen (secondary N) is 1. The van der Waals surface area contributed by atoms with E-state index in [0.717, 1.165) is 11.1 Å². The van der Waals surface area contributed by atoms with Crippen LogP contribution in [-0.2, 0) is 4.79 Å². The van der Waals surface area contributed by atoms with Crippen molar-refractivity contribution in [2.75, 3.05) is 13.6 Å². The lowest BCUT2D eigenvalue weighted by atomic mass is 9.93. The number of hydrogen-bond donors (Lipinski definition) is 3. The minimum absolute atomic E-state index is 0.0333. The van der Waals surface area contributed by atoms with Crippen molar-refractivity contribution >= 4 is 5.91 Å². The van der Waals surface area contributed by atoms with E-state index >= 15 is 0 Å². The van der Waals surface area contributed by atoms with Gasteiger partial charge in [0.15, 0.2) is 0 Å². The molecule has 148 valence electrons. The highest BCUT2D eigenvalue weighted by Gasteiger charge is 2.42. The summed E-state index contributed by atoms with van der Waals surface area (Å²) in [5, 5.41) is 24.8. The van der Waals surface area contributed by atoms with Gasteiger partial charge in [0.2, 0.25) is 5.91 Å². The van der Waals surface area contributed by atoms with Crippen molar-refractivity contribution in [1.82, 2.24) is 10.2 Å². The highest BCUT2D eigenvalue weighted by atomic mass is 16.3. The molecule has 1 aliphatic heterocycles. The molecule has 28 heavy (non-hydrogen) atoms. The Kier molecular flexibility index (Phi) is 6.62. The van der Waals surface area contributed by atoms with Gasteiger partial charge in [-0.05, 0) is 17.5 Å². The Morgan fingerprint density at radius 3 is 2.32 bits per heavy atom. The van der Waals surface area contributed by atoms with Gasteiger partial charge in [-0.2, -0.15) is 0 Å². The van der Waals surface area contributed by atoms with Crippen LogP contribution in [0.2, 0.25) is 0 Å². The van der Waals surface area contributed by atoms with Crippen molar-refractivity contribution in [3.05, 3.63) is 84.4 Å². The third-order valence-electron chi connectivity index (χ3n) is 5.51.